The maximum absolute atomic E-state index is 12.2. The molecule has 0 aromatic heterocycles. The predicted octanol–water partition coefficient (Wildman–Crippen LogP) is 3.84. The Morgan fingerprint density at radius 3 is 2.44 bits per heavy atom. The van der Waals surface area contributed by atoms with E-state index in [1.54, 1.807) is 0 Å². The van der Waals surface area contributed by atoms with Crippen molar-refractivity contribution < 1.29 is 4.79 Å². The molecule has 2 rings (SSSR count). The van der Waals surface area contributed by atoms with Gasteiger partial charge in [0.2, 0.25) is 5.91 Å². The predicted molar refractivity (Wildman–Crippen MR) is 77.1 cm³/mol. The average molecular weight is 310 g/mol. The highest BCUT2D eigenvalue weighted by molar-refractivity contribution is 9.10. The van der Waals surface area contributed by atoms with E-state index in [0.29, 0.717) is 17.7 Å². The first-order chi connectivity index (χ1) is 8.56. The highest BCUT2D eigenvalue weighted by atomic mass is 79.9. The lowest BCUT2D eigenvalue weighted by atomic mass is 10.1. The van der Waals surface area contributed by atoms with E-state index in [2.05, 4.69) is 41.9 Å². The van der Waals surface area contributed by atoms with Gasteiger partial charge in [-0.1, -0.05) is 41.9 Å². The normalized spacial score (nSPS) is 14.9. The number of hydrogen-bond donors (Lipinski definition) is 0. The molecule has 0 radical (unpaired) electrons. The van der Waals surface area contributed by atoms with Crippen LogP contribution >= 0.6 is 15.9 Å². The van der Waals surface area contributed by atoms with Crippen molar-refractivity contribution in [2.24, 2.45) is 11.8 Å². The van der Waals surface area contributed by atoms with Gasteiger partial charge in [0.05, 0.1) is 0 Å². The standard InChI is InChI=1S/C15H20BrNO/c1-11(2)9-17(15(18)13-5-6-13)10-12-3-7-14(16)8-4-12/h3-4,7-8,11,13H,5-6,9-10H2,1-2H3. The summed E-state index contributed by atoms with van der Waals surface area (Å²) >= 11 is 3.43. The Hall–Kier alpha value is -0.830. The summed E-state index contributed by atoms with van der Waals surface area (Å²) in [5, 5.41) is 0. The quantitative estimate of drug-likeness (QED) is 0.809. The zero-order valence-corrected chi connectivity index (χ0v) is 12.6. The van der Waals surface area contributed by atoms with Crippen LogP contribution in [0, 0.1) is 11.8 Å². The topological polar surface area (TPSA) is 20.3 Å². The number of halogens is 1. The smallest absolute Gasteiger partial charge is 0.225 e. The van der Waals surface area contributed by atoms with E-state index in [4.69, 9.17) is 0 Å². The third kappa shape index (κ3) is 3.84. The van der Waals surface area contributed by atoms with Crippen LogP contribution in [0.5, 0.6) is 0 Å². The fourth-order valence-electron chi connectivity index (χ4n) is 2.07. The van der Waals surface area contributed by atoms with Gasteiger partial charge in [-0.15, -0.1) is 0 Å². The molecular weight excluding hydrogens is 290 g/mol. The summed E-state index contributed by atoms with van der Waals surface area (Å²) in [4.78, 5) is 14.2. The minimum Gasteiger partial charge on any atom is -0.338 e. The second-order valence-corrected chi connectivity index (χ2v) is 6.43. The number of nitrogens with zero attached hydrogens (tertiary/aromatic N) is 1. The molecule has 1 amide bonds. The van der Waals surface area contributed by atoms with Gasteiger partial charge in [0, 0.05) is 23.5 Å². The summed E-state index contributed by atoms with van der Waals surface area (Å²) in [6, 6.07) is 8.23. The number of carbonyl (C=O) groups excluding carboxylic acids is 1. The van der Waals surface area contributed by atoms with Gasteiger partial charge in [-0.25, -0.2) is 0 Å². The highest BCUT2D eigenvalue weighted by Crippen LogP contribution is 2.31. The molecule has 1 aliphatic rings. The van der Waals surface area contributed by atoms with E-state index < -0.39 is 0 Å². The van der Waals surface area contributed by atoms with E-state index in [1.807, 2.05) is 17.0 Å². The van der Waals surface area contributed by atoms with Gasteiger partial charge in [-0.05, 0) is 36.5 Å². The number of amides is 1. The van der Waals surface area contributed by atoms with Crippen molar-refractivity contribution in [1.29, 1.82) is 0 Å². The number of hydrogen-bond acceptors (Lipinski definition) is 1. The molecule has 1 aromatic carbocycles. The first-order valence-electron chi connectivity index (χ1n) is 6.59. The van der Waals surface area contributed by atoms with Gasteiger partial charge in [-0.2, -0.15) is 0 Å². The molecule has 0 saturated heterocycles. The Balaban J connectivity index is 2.03. The van der Waals surface area contributed by atoms with Crippen molar-refractivity contribution in [2.45, 2.75) is 33.2 Å². The Morgan fingerprint density at radius 1 is 1.33 bits per heavy atom. The first-order valence-corrected chi connectivity index (χ1v) is 7.39. The summed E-state index contributed by atoms with van der Waals surface area (Å²) in [6.45, 7) is 5.91. The van der Waals surface area contributed by atoms with Crippen LogP contribution in [-0.4, -0.2) is 17.4 Å². The Kier molecular flexibility index (Phi) is 4.44. The molecule has 2 nitrogen and oxygen atoms in total. The average Bonchev–Trinajstić information content (AvgIpc) is 3.13. The van der Waals surface area contributed by atoms with Crippen molar-refractivity contribution in [1.82, 2.24) is 4.90 Å². The number of carbonyl (C=O) groups is 1. The van der Waals surface area contributed by atoms with Crippen molar-refractivity contribution in [3.8, 4) is 0 Å². The molecule has 3 heteroatoms. The van der Waals surface area contributed by atoms with Gasteiger partial charge < -0.3 is 4.90 Å². The molecule has 0 bridgehead atoms. The van der Waals surface area contributed by atoms with Gasteiger partial charge in [0.15, 0.2) is 0 Å². The fraction of sp³-hybridized carbons (Fsp3) is 0.533. The monoisotopic (exact) mass is 309 g/mol. The van der Waals surface area contributed by atoms with Crippen molar-refractivity contribution in [2.75, 3.05) is 6.54 Å². The van der Waals surface area contributed by atoms with Crippen LogP contribution in [0.3, 0.4) is 0 Å². The fourth-order valence-corrected chi connectivity index (χ4v) is 2.34. The van der Waals surface area contributed by atoms with Crippen LogP contribution in [0.1, 0.15) is 32.3 Å². The first kappa shape index (κ1) is 13.6. The molecule has 1 fully saturated rings. The number of benzene rings is 1. The van der Waals surface area contributed by atoms with Gasteiger partial charge >= 0.3 is 0 Å². The van der Waals surface area contributed by atoms with Crippen molar-refractivity contribution in [3.05, 3.63) is 34.3 Å². The Bertz CT molecular complexity index is 409. The second kappa shape index (κ2) is 5.87. The van der Waals surface area contributed by atoms with E-state index in [9.17, 15) is 4.79 Å². The van der Waals surface area contributed by atoms with Crippen molar-refractivity contribution >= 4 is 21.8 Å². The third-order valence-electron chi connectivity index (χ3n) is 3.11. The summed E-state index contributed by atoms with van der Waals surface area (Å²) < 4.78 is 1.08. The molecule has 98 valence electrons. The van der Waals surface area contributed by atoms with Crippen molar-refractivity contribution in [3.63, 3.8) is 0 Å². The van der Waals surface area contributed by atoms with Gasteiger partial charge in [-0.3, -0.25) is 4.79 Å². The lowest BCUT2D eigenvalue weighted by Gasteiger charge is -2.25. The Morgan fingerprint density at radius 2 is 1.94 bits per heavy atom. The molecule has 18 heavy (non-hydrogen) atoms. The summed E-state index contributed by atoms with van der Waals surface area (Å²) in [5.41, 5.74) is 1.20. The molecule has 0 atom stereocenters. The zero-order chi connectivity index (χ0) is 13.1. The molecule has 0 N–H and O–H groups in total. The number of rotatable bonds is 5. The molecule has 0 unspecified atom stereocenters. The van der Waals surface area contributed by atoms with Crippen LogP contribution in [0.4, 0.5) is 0 Å². The molecular formula is C15H20BrNO. The van der Waals surface area contributed by atoms with Crippen LogP contribution in [0.2, 0.25) is 0 Å². The highest BCUT2D eigenvalue weighted by Gasteiger charge is 2.33. The largest absolute Gasteiger partial charge is 0.338 e. The zero-order valence-electron chi connectivity index (χ0n) is 11.0. The maximum atomic E-state index is 12.2. The molecule has 1 aliphatic carbocycles. The molecule has 1 saturated carbocycles. The van der Waals surface area contributed by atoms with Gasteiger partial charge in [0.1, 0.15) is 0 Å². The van der Waals surface area contributed by atoms with E-state index in [1.165, 1.54) is 5.56 Å². The van der Waals surface area contributed by atoms with E-state index in [0.717, 1.165) is 30.4 Å². The van der Waals surface area contributed by atoms with E-state index in [-0.39, 0.29) is 0 Å². The van der Waals surface area contributed by atoms with Gasteiger partial charge in [0.25, 0.3) is 0 Å². The van der Waals surface area contributed by atoms with Crippen LogP contribution in [-0.2, 0) is 11.3 Å². The van der Waals surface area contributed by atoms with E-state index >= 15 is 0 Å². The minimum absolute atomic E-state index is 0.305. The lowest BCUT2D eigenvalue weighted by molar-refractivity contribution is -0.133. The van der Waals surface area contributed by atoms with Crippen LogP contribution in [0.25, 0.3) is 0 Å². The van der Waals surface area contributed by atoms with Crippen LogP contribution < -0.4 is 0 Å². The Labute approximate surface area is 117 Å². The second-order valence-electron chi connectivity index (χ2n) is 5.51. The summed E-state index contributed by atoms with van der Waals surface area (Å²) in [7, 11) is 0. The van der Waals surface area contributed by atoms with Crippen LogP contribution in [0.15, 0.2) is 28.7 Å². The molecule has 1 aromatic rings. The SMILES string of the molecule is CC(C)CN(Cc1ccc(Br)cc1)C(=O)C1CC1. The maximum Gasteiger partial charge on any atom is 0.225 e. The molecule has 0 spiro atoms. The third-order valence-corrected chi connectivity index (χ3v) is 3.64. The lowest BCUT2D eigenvalue weighted by Crippen LogP contribution is -2.34. The summed E-state index contributed by atoms with van der Waals surface area (Å²) in [6.07, 6.45) is 2.15. The molecule has 0 heterocycles. The molecule has 0 aliphatic heterocycles. The summed E-state index contributed by atoms with van der Waals surface area (Å²) in [5.74, 6) is 1.16. The minimum atomic E-state index is 0.305.